The van der Waals surface area contributed by atoms with Gasteiger partial charge in [0.25, 0.3) is 0 Å². The minimum Gasteiger partial charge on any atom is -0.399 e. The zero-order chi connectivity index (χ0) is 18.9. The van der Waals surface area contributed by atoms with Crippen LogP contribution in [0.5, 0.6) is 0 Å². The standard InChI is InChI=1S/C17H25BClN3O3S/c1-16(2)17(3,4)25-18(24-16)12-9-20-15(21-10-12)26-11-13-6-5-7-22(13)14(23)8-19/h9-10,13H,5-8,11H2,1-4H3/t13-/m1/s1. The van der Waals surface area contributed by atoms with Crippen LogP contribution in [0.15, 0.2) is 17.6 Å². The zero-order valence-corrected chi connectivity index (χ0v) is 17.3. The second-order valence-electron chi connectivity index (χ2n) is 7.72. The number of hydrogen-bond acceptors (Lipinski definition) is 6. The molecule has 0 radical (unpaired) electrons. The average molecular weight is 398 g/mol. The maximum Gasteiger partial charge on any atom is 0.498 e. The predicted molar refractivity (Wildman–Crippen MR) is 104 cm³/mol. The highest BCUT2D eigenvalue weighted by atomic mass is 35.5. The molecule has 6 nitrogen and oxygen atoms in total. The summed E-state index contributed by atoms with van der Waals surface area (Å²) in [4.78, 5) is 22.6. The Labute approximate surface area is 164 Å². The van der Waals surface area contributed by atoms with Crippen molar-refractivity contribution in [3.8, 4) is 0 Å². The van der Waals surface area contributed by atoms with E-state index in [9.17, 15) is 4.79 Å². The maximum atomic E-state index is 11.9. The van der Waals surface area contributed by atoms with Crippen molar-refractivity contribution in [2.75, 3.05) is 18.2 Å². The van der Waals surface area contributed by atoms with Crippen molar-refractivity contribution in [1.29, 1.82) is 0 Å². The molecule has 1 aromatic heterocycles. The van der Waals surface area contributed by atoms with Gasteiger partial charge in [0, 0.05) is 36.2 Å². The number of halogens is 1. The number of carbonyl (C=O) groups is 1. The number of hydrogen-bond donors (Lipinski definition) is 0. The van der Waals surface area contributed by atoms with Gasteiger partial charge in [-0.2, -0.15) is 0 Å². The van der Waals surface area contributed by atoms with Gasteiger partial charge in [0.15, 0.2) is 5.16 Å². The monoisotopic (exact) mass is 397 g/mol. The Morgan fingerprint density at radius 2 is 1.92 bits per heavy atom. The summed E-state index contributed by atoms with van der Waals surface area (Å²) in [5, 5.41) is 0.690. The van der Waals surface area contributed by atoms with E-state index in [-0.39, 0.29) is 29.0 Å². The summed E-state index contributed by atoms with van der Waals surface area (Å²) in [7, 11) is -0.453. The van der Waals surface area contributed by atoms with E-state index in [0.29, 0.717) is 5.16 Å². The SMILES string of the molecule is CC1(C)OB(c2cnc(SC[C@H]3CCCN3C(=O)CCl)nc2)OC1(C)C. The molecule has 0 spiro atoms. The highest BCUT2D eigenvalue weighted by Crippen LogP contribution is 2.36. The highest BCUT2D eigenvalue weighted by molar-refractivity contribution is 7.99. The van der Waals surface area contributed by atoms with Gasteiger partial charge in [-0.3, -0.25) is 4.79 Å². The number of aromatic nitrogens is 2. The second-order valence-corrected chi connectivity index (χ2v) is 8.97. The molecule has 3 heterocycles. The fourth-order valence-corrected chi connectivity index (χ4v) is 4.18. The summed E-state index contributed by atoms with van der Waals surface area (Å²) in [5.74, 6) is 0.825. The normalized spacial score (nSPS) is 24.3. The molecule has 142 valence electrons. The van der Waals surface area contributed by atoms with Crippen LogP contribution in [0.4, 0.5) is 0 Å². The Hall–Kier alpha value is -0.825. The number of thioether (sulfide) groups is 1. The van der Waals surface area contributed by atoms with Gasteiger partial charge in [-0.25, -0.2) is 9.97 Å². The van der Waals surface area contributed by atoms with E-state index in [1.807, 2.05) is 32.6 Å². The maximum absolute atomic E-state index is 11.9. The minimum atomic E-state index is -0.453. The van der Waals surface area contributed by atoms with Gasteiger partial charge in [-0.05, 0) is 40.5 Å². The Kier molecular flexibility index (Phi) is 5.87. The number of rotatable bonds is 5. The van der Waals surface area contributed by atoms with Crippen LogP contribution in [0, 0.1) is 0 Å². The van der Waals surface area contributed by atoms with Crippen molar-refractivity contribution in [2.45, 2.75) is 62.9 Å². The molecular formula is C17H25BClN3O3S. The molecule has 0 unspecified atom stereocenters. The molecule has 9 heteroatoms. The van der Waals surface area contributed by atoms with Gasteiger partial charge in [-0.1, -0.05) is 11.8 Å². The molecule has 26 heavy (non-hydrogen) atoms. The van der Waals surface area contributed by atoms with Crippen LogP contribution in [0.25, 0.3) is 0 Å². The summed E-state index contributed by atoms with van der Waals surface area (Å²) in [6.07, 6.45) is 5.54. The van der Waals surface area contributed by atoms with E-state index in [0.717, 1.165) is 30.6 Å². The van der Waals surface area contributed by atoms with E-state index in [1.54, 1.807) is 24.2 Å². The topological polar surface area (TPSA) is 64.5 Å². The molecule has 0 bridgehead atoms. The van der Waals surface area contributed by atoms with Gasteiger partial charge < -0.3 is 14.2 Å². The third-order valence-corrected chi connectivity index (χ3v) is 6.64. The smallest absolute Gasteiger partial charge is 0.399 e. The van der Waals surface area contributed by atoms with Crippen LogP contribution >= 0.6 is 23.4 Å². The van der Waals surface area contributed by atoms with E-state index in [4.69, 9.17) is 20.9 Å². The summed E-state index contributed by atoms with van der Waals surface area (Å²) < 4.78 is 12.0. The van der Waals surface area contributed by atoms with Gasteiger partial charge in [-0.15, -0.1) is 11.6 Å². The summed E-state index contributed by atoms with van der Waals surface area (Å²) in [6, 6.07) is 0.206. The Morgan fingerprint density at radius 3 is 2.50 bits per heavy atom. The van der Waals surface area contributed by atoms with Crippen LogP contribution in [0.1, 0.15) is 40.5 Å². The lowest BCUT2D eigenvalue weighted by molar-refractivity contribution is -0.128. The van der Waals surface area contributed by atoms with Crippen LogP contribution in [0.3, 0.4) is 0 Å². The summed E-state index contributed by atoms with van der Waals surface area (Å²) in [6.45, 7) is 8.88. The Balaban J connectivity index is 1.58. The number of alkyl halides is 1. The van der Waals surface area contributed by atoms with Gasteiger partial charge in [0.05, 0.1) is 11.2 Å². The Morgan fingerprint density at radius 1 is 1.31 bits per heavy atom. The summed E-state index contributed by atoms with van der Waals surface area (Å²) >= 11 is 7.25. The fraction of sp³-hybridized carbons (Fsp3) is 0.706. The first-order valence-corrected chi connectivity index (χ1v) is 10.4. The van der Waals surface area contributed by atoms with Crippen molar-refractivity contribution in [1.82, 2.24) is 14.9 Å². The predicted octanol–water partition coefficient (Wildman–Crippen LogP) is 2.10. The lowest BCUT2D eigenvalue weighted by Gasteiger charge is -2.32. The number of likely N-dealkylation sites (tertiary alicyclic amines) is 1. The van der Waals surface area contributed by atoms with Gasteiger partial charge in [0.2, 0.25) is 5.91 Å². The van der Waals surface area contributed by atoms with Crippen molar-refractivity contribution in [2.24, 2.45) is 0 Å². The number of nitrogens with zero attached hydrogens (tertiary/aromatic N) is 3. The first kappa shape index (κ1) is 19.9. The van der Waals surface area contributed by atoms with Crippen LogP contribution in [-0.2, 0) is 14.1 Å². The van der Waals surface area contributed by atoms with Crippen LogP contribution in [0.2, 0.25) is 0 Å². The van der Waals surface area contributed by atoms with Crippen molar-refractivity contribution in [3.63, 3.8) is 0 Å². The minimum absolute atomic E-state index is 0.00629. The van der Waals surface area contributed by atoms with Crippen LogP contribution in [-0.4, -0.2) is 63.3 Å². The van der Waals surface area contributed by atoms with Gasteiger partial charge >= 0.3 is 7.12 Å². The van der Waals surface area contributed by atoms with Crippen molar-refractivity contribution in [3.05, 3.63) is 12.4 Å². The molecule has 2 saturated heterocycles. The molecule has 0 saturated carbocycles. The van der Waals surface area contributed by atoms with E-state index in [1.165, 1.54) is 0 Å². The molecule has 0 N–H and O–H groups in total. The largest absolute Gasteiger partial charge is 0.498 e. The van der Waals surface area contributed by atoms with Gasteiger partial charge in [0.1, 0.15) is 5.88 Å². The first-order valence-electron chi connectivity index (χ1n) is 8.89. The van der Waals surface area contributed by atoms with E-state index >= 15 is 0 Å². The van der Waals surface area contributed by atoms with Crippen molar-refractivity contribution >= 4 is 41.9 Å². The third kappa shape index (κ3) is 4.03. The molecule has 2 aliphatic heterocycles. The molecule has 0 aliphatic carbocycles. The average Bonchev–Trinajstić information content (AvgIpc) is 3.15. The lowest BCUT2D eigenvalue weighted by Crippen LogP contribution is -2.41. The number of carbonyl (C=O) groups excluding carboxylic acids is 1. The van der Waals surface area contributed by atoms with Crippen molar-refractivity contribution < 1.29 is 14.1 Å². The molecule has 1 amide bonds. The quantitative estimate of drug-likeness (QED) is 0.328. The number of amides is 1. The molecular weight excluding hydrogens is 373 g/mol. The molecule has 3 rings (SSSR count). The van der Waals surface area contributed by atoms with E-state index < -0.39 is 7.12 Å². The molecule has 2 fully saturated rings. The highest BCUT2D eigenvalue weighted by Gasteiger charge is 2.51. The fourth-order valence-electron chi connectivity index (χ4n) is 3.09. The molecule has 2 aliphatic rings. The third-order valence-electron chi connectivity index (χ3n) is 5.39. The second kappa shape index (κ2) is 7.66. The summed E-state index contributed by atoms with van der Waals surface area (Å²) in [5.41, 5.74) is 0.0469. The first-order chi connectivity index (χ1) is 12.2. The van der Waals surface area contributed by atoms with E-state index in [2.05, 4.69) is 9.97 Å². The Bertz CT molecular complexity index is 643. The molecule has 0 aromatic carbocycles. The molecule has 1 atom stereocenters. The lowest BCUT2D eigenvalue weighted by atomic mass is 9.81. The molecule has 1 aromatic rings. The zero-order valence-electron chi connectivity index (χ0n) is 15.7. The van der Waals surface area contributed by atoms with Crippen LogP contribution < -0.4 is 5.46 Å².